The molecular formula is C15H26B2O7. The molecule has 0 aliphatic carbocycles. The Morgan fingerprint density at radius 3 is 2.21 bits per heavy atom. The van der Waals surface area contributed by atoms with E-state index in [1.807, 2.05) is 34.6 Å². The molecule has 0 aromatic heterocycles. The third kappa shape index (κ3) is 3.51. The lowest BCUT2D eigenvalue weighted by atomic mass is 9.81. The number of carbonyl (C=O) groups excluding carboxylic acids is 1. The van der Waals surface area contributed by atoms with Gasteiger partial charge >= 0.3 is 20.2 Å². The molecule has 0 saturated carbocycles. The molecule has 0 amide bonds. The first-order valence-corrected chi connectivity index (χ1v) is 8.78. The SMILES string of the molecule is CCB1OC2OC3C(COC(=O)C(C)(C)C)OB(CC)OC3C2O1. The molecule has 5 unspecified atom stereocenters. The number of hydrogen-bond donors (Lipinski definition) is 0. The smallest absolute Gasteiger partial charge is 0.458 e. The van der Waals surface area contributed by atoms with Gasteiger partial charge in [0.1, 0.15) is 31.0 Å². The largest absolute Gasteiger partial charge is 0.462 e. The van der Waals surface area contributed by atoms with Crippen LogP contribution in [-0.2, 0) is 32.9 Å². The topological polar surface area (TPSA) is 72.5 Å². The summed E-state index contributed by atoms with van der Waals surface area (Å²) in [5.74, 6) is -0.265. The predicted octanol–water partition coefficient (Wildman–Crippen LogP) is 1.52. The zero-order valence-electron chi connectivity index (χ0n) is 15.0. The lowest BCUT2D eigenvalue weighted by Gasteiger charge is -2.37. The number of ether oxygens (including phenoxy) is 2. The van der Waals surface area contributed by atoms with Crippen LogP contribution in [0.3, 0.4) is 0 Å². The summed E-state index contributed by atoms with van der Waals surface area (Å²) in [6.45, 7) is 9.57. The summed E-state index contributed by atoms with van der Waals surface area (Å²) in [5, 5.41) is 0. The van der Waals surface area contributed by atoms with Crippen LogP contribution >= 0.6 is 0 Å². The van der Waals surface area contributed by atoms with Crippen molar-refractivity contribution in [2.24, 2.45) is 5.41 Å². The summed E-state index contributed by atoms with van der Waals surface area (Å²) in [6.07, 6.45) is -0.297. The highest BCUT2D eigenvalue weighted by Crippen LogP contribution is 2.39. The molecule has 7 nitrogen and oxygen atoms in total. The molecule has 0 aromatic carbocycles. The lowest BCUT2D eigenvalue weighted by Crippen LogP contribution is -2.55. The number of esters is 1. The maximum absolute atomic E-state index is 12.0. The minimum absolute atomic E-state index is 0.133. The van der Waals surface area contributed by atoms with E-state index < -0.39 is 17.8 Å². The summed E-state index contributed by atoms with van der Waals surface area (Å²) in [6, 6.07) is 0. The van der Waals surface area contributed by atoms with E-state index in [1.165, 1.54) is 0 Å². The van der Waals surface area contributed by atoms with E-state index in [0.717, 1.165) is 6.32 Å². The van der Waals surface area contributed by atoms with E-state index in [2.05, 4.69) is 0 Å². The van der Waals surface area contributed by atoms with Gasteiger partial charge in [-0.3, -0.25) is 4.79 Å². The number of fused-ring (bicyclic) bond motifs is 3. The highest BCUT2D eigenvalue weighted by atomic mass is 16.8. The van der Waals surface area contributed by atoms with Crippen molar-refractivity contribution in [3.05, 3.63) is 0 Å². The van der Waals surface area contributed by atoms with Crippen molar-refractivity contribution in [1.82, 2.24) is 0 Å². The molecule has 3 fully saturated rings. The summed E-state index contributed by atoms with van der Waals surface area (Å²) in [5.41, 5.74) is -0.553. The van der Waals surface area contributed by atoms with Crippen LogP contribution in [0.4, 0.5) is 0 Å². The van der Waals surface area contributed by atoms with Crippen LogP contribution in [-0.4, -0.2) is 57.5 Å². The Morgan fingerprint density at radius 2 is 1.58 bits per heavy atom. The zero-order valence-corrected chi connectivity index (χ0v) is 15.0. The first kappa shape index (κ1) is 18.2. The van der Waals surface area contributed by atoms with E-state index in [4.69, 9.17) is 28.1 Å². The van der Waals surface area contributed by atoms with Crippen LogP contribution in [0.15, 0.2) is 0 Å². The first-order valence-electron chi connectivity index (χ1n) is 8.78. The molecule has 3 aliphatic heterocycles. The molecule has 3 heterocycles. The molecule has 0 bridgehead atoms. The molecule has 3 aliphatic rings. The normalized spacial score (nSPS) is 35.8. The van der Waals surface area contributed by atoms with Crippen molar-refractivity contribution in [2.45, 2.75) is 78.0 Å². The second-order valence-electron chi connectivity index (χ2n) is 7.51. The minimum Gasteiger partial charge on any atom is -0.462 e. The van der Waals surface area contributed by atoms with Crippen molar-refractivity contribution in [3.63, 3.8) is 0 Å². The molecule has 0 spiro atoms. The second-order valence-corrected chi connectivity index (χ2v) is 7.51. The summed E-state index contributed by atoms with van der Waals surface area (Å²) >= 11 is 0. The van der Waals surface area contributed by atoms with Crippen molar-refractivity contribution < 1.29 is 32.9 Å². The van der Waals surface area contributed by atoms with Gasteiger partial charge in [0.2, 0.25) is 0 Å². The third-order valence-corrected chi connectivity index (χ3v) is 4.46. The average molecular weight is 340 g/mol. The Morgan fingerprint density at radius 1 is 0.958 bits per heavy atom. The fourth-order valence-electron chi connectivity index (χ4n) is 3.09. The van der Waals surface area contributed by atoms with E-state index in [0.29, 0.717) is 6.32 Å². The molecule has 134 valence electrons. The number of rotatable bonds is 4. The van der Waals surface area contributed by atoms with Crippen LogP contribution in [0.5, 0.6) is 0 Å². The standard InChI is InChI=1S/C15H26B2O7/c1-6-16-21-9(8-19-14(18)15(3,4)5)10-11(22-16)12-13(20-10)24-17(7-2)23-12/h9-13H,6-8H2,1-5H3. The highest BCUT2D eigenvalue weighted by molar-refractivity contribution is 6.45. The molecule has 9 heteroatoms. The van der Waals surface area contributed by atoms with Crippen LogP contribution < -0.4 is 0 Å². The van der Waals surface area contributed by atoms with Gasteiger partial charge in [-0.1, -0.05) is 13.8 Å². The van der Waals surface area contributed by atoms with Gasteiger partial charge in [-0.25, -0.2) is 0 Å². The Bertz CT molecular complexity index is 469. The van der Waals surface area contributed by atoms with E-state index in [9.17, 15) is 4.79 Å². The average Bonchev–Trinajstić information content (AvgIpc) is 3.08. The van der Waals surface area contributed by atoms with E-state index in [1.54, 1.807) is 0 Å². The molecule has 0 radical (unpaired) electrons. The van der Waals surface area contributed by atoms with Gasteiger partial charge in [0.05, 0.1) is 5.41 Å². The van der Waals surface area contributed by atoms with Crippen molar-refractivity contribution in [1.29, 1.82) is 0 Å². The molecule has 24 heavy (non-hydrogen) atoms. The lowest BCUT2D eigenvalue weighted by molar-refractivity contribution is -0.168. The number of hydrogen-bond acceptors (Lipinski definition) is 7. The van der Waals surface area contributed by atoms with Gasteiger partial charge in [0, 0.05) is 0 Å². The third-order valence-electron chi connectivity index (χ3n) is 4.46. The highest BCUT2D eigenvalue weighted by Gasteiger charge is 2.59. The van der Waals surface area contributed by atoms with Gasteiger partial charge < -0.3 is 28.1 Å². The summed E-state index contributed by atoms with van der Waals surface area (Å²) in [7, 11) is -0.624. The van der Waals surface area contributed by atoms with Crippen LogP contribution in [0.25, 0.3) is 0 Å². The van der Waals surface area contributed by atoms with Gasteiger partial charge in [-0.2, -0.15) is 0 Å². The van der Waals surface area contributed by atoms with Crippen LogP contribution in [0.2, 0.25) is 12.6 Å². The predicted molar refractivity (Wildman–Crippen MR) is 87.2 cm³/mol. The first-order chi connectivity index (χ1) is 11.3. The summed E-state index contributed by atoms with van der Waals surface area (Å²) in [4.78, 5) is 12.0. The van der Waals surface area contributed by atoms with Crippen molar-refractivity contribution >= 4 is 20.2 Å². The zero-order chi connectivity index (χ0) is 17.5. The molecule has 3 saturated heterocycles. The fourth-order valence-corrected chi connectivity index (χ4v) is 3.09. The van der Waals surface area contributed by atoms with Gasteiger partial charge in [-0.05, 0) is 33.4 Å². The summed E-state index contributed by atoms with van der Waals surface area (Å²) < 4.78 is 34.9. The Hall–Kier alpha value is -0.600. The Labute approximate surface area is 143 Å². The van der Waals surface area contributed by atoms with Crippen molar-refractivity contribution in [2.75, 3.05) is 6.61 Å². The Balaban J connectivity index is 1.66. The Kier molecular flexibility index (Phi) is 5.28. The fraction of sp³-hybridized carbons (Fsp3) is 0.933. The quantitative estimate of drug-likeness (QED) is 0.567. The van der Waals surface area contributed by atoms with Gasteiger partial charge in [0.25, 0.3) is 0 Å². The van der Waals surface area contributed by atoms with Crippen LogP contribution in [0.1, 0.15) is 34.6 Å². The molecule has 3 rings (SSSR count). The number of carbonyl (C=O) groups is 1. The molecule has 0 N–H and O–H groups in total. The second kappa shape index (κ2) is 6.96. The monoisotopic (exact) mass is 340 g/mol. The molecule has 0 aromatic rings. The van der Waals surface area contributed by atoms with E-state index >= 15 is 0 Å². The van der Waals surface area contributed by atoms with Gasteiger partial charge in [0.15, 0.2) is 6.29 Å². The molecular weight excluding hydrogens is 314 g/mol. The maximum atomic E-state index is 12.0. The van der Waals surface area contributed by atoms with Gasteiger partial charge in [-0.15, -0.1) is 0 Å². The van der Waals surface area contributed by atoms with E-state index in [-0.39, 0.29) is 45.1 Å². The maximum Gasteiger partial charge on any atom is 0.458 e. The minimum atomic E-state index is -0.553. The van der Waals surface area contributed by atoms with Crippen molar-refractivity contribution in [3.8, 4) is 0 Å². The molecule has 5 atom stereocenters. The van der Waals surface area contributed by atoms with Crippen LogP contribution in [0, 0.1) is 5.41 Å².